The van der Waals surface area contributed by atoms with Gasteiger partial charge in [-0.05, 0) is 37.6 Å². The lowest BCUT2D eigenvalue weighted by molar-refractivity contribution is -0.132. The number of amides is 1. The average molecular weight is 304 g/mol. The highest BCUT2D eigenvalue weighted by Crippen LogP contribution is 2.20. The third-order valence-electron chi connectivity index (χ3n) is 2.75. The van der Waals surface area contributed by atoms with Crippen molar-refractivity contribution < 1.29 is 22.7 Å². The lowest BCUT2D eigenvalue weighted by Gasteiger charge is -2.11. The van der Waals surface area contributed by atoms with Gasteiger partial charge in [-0.1, -0.05) is 6.07 Å². The first kappa shape index (κ1) is 17.3. The maximum absolute atomic E-state index is 12.0. The van der Waals surface area contributed by atoms with Gasteiger partial charge in [0.25, 0.3) is 5.91 Å². The minimum atomic E-state index is -4.28. The van der Waals surface area contributed by atoms with E-state index in [1.165, 1.54) is 6.07 Å². The van der Waals surface area contributed by atoms with Crippen LogP contribution in [-0.4, -0.2) is 31.8 Å². The van der Waals surface area contributed by atoms with Gasteiger partial charge < -0.3 is 15.8 Å². The van der Waals surface area contributed by atoms with E-state index in [2.05, 4.69) is 5.32 Å². The molecule has 0 radical (unpaired) electrons. The number of nitrogens with one attached hydrogen (secondary N) is 1. The molecule has 7 heteroatoms. The monoisotopic (exact) mass is 304 g/mol. The maximum Gasteiger partial charge on any atom is 0.390 e. The second-order valence-corrected chi connectivity index (χ2v) is 4.59. The molecule has 0 aliphatic heterocycles. The molecule has 0 spiro atoms. The molecular formula is C14H19F3N2O2. The Hall–Kier alpha value is -1.76. The SMILES string of the molecule is Cc1ccc(C(=O)NCCC(F)(F)F)cc1OCCCN. The van der Waals surface area contributed by atoms with E-state index in [-0.39, 0.29) is 5.56 Å². The minimum Gasteiger partial charge on any atom is -0.493 e. The first-order valence-corrected chi connectivity index (χ1v) is 6.62. The molecule has 118 valence electrons. The van der Waals surface area contributed by atoms with E-state index >= 15 is 0 Å². The van der Waals surface area contributed by atoms with Crippen LogP contribution in [-0.2, 0) is 0 Å². The number of halogens is 3. The Labute approximate surface area is 121 Å². The van der Waals surface area contributed by atoms with Crippen LogP contribution in [0.4, 0.5) is 13.2 Å². The van der Waals surface area contributed by atoms with Gasteiger partial charge in [0.15, 0.2) is 0 Å². The molecule has 3 N–H and O–H groups in total. The summed E-state index contributed by atoms with van der Waals surface area (Å²) >= 11 is 0. The fraction of sp³-hybridized carbons (Fsp3) is 0.500. The number of alkyl halides is 3. The highest BCUT2D eigenvalue weighted by Gasteiger charge is 2.26. The smallest absolute Gasteiger partial charge is 0.390 e. The zero-order valence-electron chi connectivity index (χ0n) is 11.8. The lowest BCUT2D eigenvalue weighted by atomic mass is 10.1. The molecule has 0 aliphatic carbocycles. The number of aryl methyl sites for hydroxylation is 1. The van der Waals surface area contributed by atoms with Gasteiger partial charge in [-0.3, -0.25) is 4.79 Å². The third kappa shape index (κ3) is 6.48. The summed E-state index contributed by atoms with van der Waals surface area (Å²) in [4.78, 5) is 11.8. The summed E-state index contributed by atoms with van der Waals surface area (Å²) < 4.78 is 41.5. The van der Waals surface area contributed by atoms with E-state index < -0.39 is 25.0 Å². The van der Waals surface area contributed by atoms with Crippen LogP contribution in [0.5, 0.6) is 5.75 Å². The Kier molecular flexibility index (Phi) is 6.48. The predicted molar refractivity (Wildman–Crippen MR) is 73.4 cm³/mol. The zero-order valence-corrected chi connectivity index (χ0v) is 11.8. The molecule has 1 amide bonds. The van der Waals surface area contributed by atoms with Gasteiger partial charge >= 0.3 is 6.18 Å². The van der Waals surface area contributed by atoms with Crippen LogP contribution in [0.1, 0.15) is 28.8 Å². The Morgan fingerprint density at radius 1 is 1.38 bits per heavy atom. The topological polar surface area (TPSA) is 64.3 Å². The summed E-state index contributed by atoms with van der Waals surface area (Å²) in [5.41, 5.74) is 6.48. The first-order valence-electron chi connectivity index (χ1n) is 6.62. The molecule has 1 aromatic carbocycles. The second-order valence-electron chi connectivity index (χ2n) is 4.59. The molecule has 1 rings (SSSR count). The molecule has 21 heavy (non-hydrogen) atoms. The summed E-state index contributed by atoms with van der Waals surface area (Å²) in [6.07, 6.45) is -4.65. The molecular weight excluding hydrogens is 285 g/mol. The van der Waals surface area contributed by atoms with Crippen LogP contribution in [0.3, 0.4) is 0 Å². The van der Waals surface area contributed by atoms with E-state index in [4.69, 9.17) is 10.5 Å². The van der Waals surface area contributed by atoms with Gasteiger partial charge in [0.2, 0.25) is 0 Å². The number of rotatable bonds is 7. The van der Waals surface area contributed by atoms with Crippen molar-refractivity contribution in [1.82, 2.24) is 5.32 Å². The van der Waals surface area contributed by atoms with Crippen molar-refractivity contribution in [1.29, 1.82) is 0 Å². The quantitative estimate of drug-likeness (QED) is 0.760. The van der Waals surface area contributed by atoms with Crippen LogP contribution in [0.15, 0.2) is 18.2 Å². The van der Waals surface area contributed by atoms with Crippen LogP contribution in [0.25, 0.3) is 0 Å². The van der Waals surface area contributed by atoms with E-state index in [1.807, 2.05) is 6.92 Å². The van der Waals surface area contributed by atoms with Crippen molar-refractivity contribution in [3.63, 3.8) is 0 Å². The molecule has 0 atom stereocenters. The molecule has 0 heterocycles. The summed E-state index contributed by atoms with van der Waals surface area (Å²) in [7, 11) is 0. The fourth-order valence-electron chi connectivity index (χ4n) is 1.58. The van der Waals surface area contributed by atoms with Crippen LogP contribution < -0.4 is 15.8 Å². The highest BCUT2D eigenvalue weighted by atomic mass is 19.4. The Morgan fingerprint density at radius 2 is 2.10 bits per heavy atom. The van der Waals surface area contributed by atoms with Crippen molar-refractivity contribution >= 4 is 5.91 Å². The summed E-state index contributed by atoms with van der Waals surface area (Å²) in [6, 6.07) is 4.76. The van der Waals surface area contributed by atoms with E-state index in [1.54, 1.807) is 12.1 Å². The number of carbonyl (C=O) groups excluding carboxylic acids is 1. The van der Waals surface area contributed by atoms with Gasteiger partial charge in [0, 0.05) is 12.1 Å². The predicted octanol–water partition coefficient (Wildman–Crippen LogP) is 2.40. The van der Waals surface area contributed by atoms with Crippen molar-refractivity contribution in [2.24, 2.45) is 5.73 Å². The molecule has 0 aliphatic rings. The third-order valence-corrected chi connectivity index (χ3v) is 2.75. The van der Waals surface area contributed by atoms with Crippen molar-refractivity contribution in [3.05, 3.63) is 29.3 Å². The number of nitrogens with two attached hydrogens (primary N) is 1. The largest absolute Gasteiger partial charge is 0.493 e. The number of benzene rings is 1. The van der Waals surface area contributed by atoms with Gasteiger partial charge in [0.1, 0.15) is 5.75 Å². The minimum absolute atomic E-state index is 0.269. The van der Waals surface area contributed by atoms with Gasteiger partial charge in [-0.15, -0.1) is 0 Å². The molecule has 0 saturated carbocycles. The molecule has 4 nitrogen and oxygen atoms in total. The molecule has 0 aromatic heterocycles. The highest BCUT2D eigenvalue weighted by molar-refractivity contribution is 5.94. The van der Waals surface area contributed by atoms with Crippen molar-refractivity contribution in [2.75, 3.05) is 19.7 Å². The Morgan fingerprint density at radius 3 is 2.71 bits per heavy atom. The number of hydrogen-bond donors (Lipinski definition) is 2. The first-order chi connectivity index (χ1) is 9.83. The molecule has 0 unspecified atom stereocenters. The second kappa shape index (κ2) is 7.87. The number of carbonyl (C=O) groups is 1. The Balaban J connectivity index is 2.61. The molecule has 0 saturated heterocycles. The van der Waals surface area contributed by atoms with Crippen molar-refractivity contribution in [2.45, 2.75) is 25.9 Å². The van der Waals surface area contributed by atoms with Gasteiger partial charge in [-0.2, -0.15) is 13.2 Å². The van der Waals surface area contributed by atoms with Crippen LogP contribution in [0.2, 0.25) is 0 Å². The summed E-state index contributed by atoms with van der Waals surface area (Å²) in [5, 5.41) is 2.23. The average Bonchev–Trinajstić information content (AvgIpc) is 2.39. The molecule has 0 fully saturated rings. The summed E-state index contributed by atoms with van der Waals surface area (Å²) in [5.74, 6) is -0.0187. The lowest BCUT2D eigenvalue weighted by Crippen LogP contribution is -2.27. The van der Waals surface area contributed by atoms with E-state index in [0.29, 0.717) is 25.3 Å². The standard InChI is InChI=1S/C14H19F3N2O2/c1-10-3-4-11(9-12(10)21-8-2-6-18)13(20)19-7-5-14(15,16)17/h3-4,9H,2,5-8,18H2,1H3,(H,19,20). The Bertz CT molecular complexity index is 476. The van der Waals surface area contributed by atoms with Gasteiger partial charge in [-0.25, -0.2) is 0 Å². The normalized spacial score (nSPS) is 11.3. The number of hydrogen-bond acceptors (Lipinski definition) is 3. The van der Waals surface area contributed by atoms with Crippen molar-refractivity contribution in [3.8, 4) is 5.75 Å². The fourth-order valence-corrected chi connectivity index (χ4v) is 1.58. The summed E-state index contributed by atoms with van der Waals surface area (Å²) in [6.45, 7) is 2.30. The molecule has 0 bridgehead atoms. The van der Waals surface area contributed by atoms with E-state index in [9.17, 15) is 18.0 Å². The van der Waals surface area contributed by atoms with E-state index in [0.717, 1.165) is 5.56 Å². The maximum atomic E-state index is 12.0. The van der Waals surface area contributed by atoms with Gasteiger partial charge in [0.05, 0.1) is 13.0 Å². The number of ether oxygens (including phenoxy) is 1. The zero-order chi connectivity index (χ0) is 15.9. The molecule has 1 aromatic rings. The van der Waals surface area contributed by atoms with Crippen LogP contribution in [0, 0.1) is 6.92 Å². The van der Waals surface area contributed by atoms with Crippen LogP contribution >= 0.6 is 0 Å².